The van der Waals surface area contributed by atoms with Gasteiger partial charge in [0, 0.05) is 12.6 Å². The second-order valence-corrected chi connectivity index (χ2v) is 6.34. The van der Waals surface area contributed by atoms with Crippen LogP contribution in [-0.2, 0) is 0 Å². The number of hydrogen-bond donors (Lipinski definition) is 2. The smallest absolute Gasteiger partial charge is 0.0444 e. The second kappa shape index (κ2) is 13.8. The maximum absolute atomic E-state index is 5.87. The molecule has 2 heteroatoms. The summed E-state index contributed by atoms with van der Waals surface area (Å²) < 4.78 is 0. The van der Waals surface area contributed by atoms with Gasteiger partial charge in [-0.25, -0.2) is 0 Å². The maximum atomic E-state index is 5.87. The first-order valence-corrected chi connectivity index (χ1v) is 9.37. The second-order valence-electron chi connectivity index (χ2n) is 6.34. The van der Waals surface area contributed by atoms with Gasteiger partial charge < -0.3 is 11.1 Å². The molecule has 0 spiro atoms. The molecule has 1 unspecified atom stereocenters. The number of unbranched alkanes of at least 4 members (excludes halogenated alkanes) is 9. The van der Waals surface area contributed by atoms with Gasteiger partial charge in [-0.05, 0) is 18.5 Å². The summed E-state index contributed by atoms with van der Waals surface area (Å²) in [5.74, 6) is 0. The predicted octanol–water partition coefficient (Wildman–Crippen LogP) is 5.20. The van der Waals surface area contributed by atoms with Crippen molar-refractivity contribution in [1.82, 2.24) is 5.32 Å². The Bertz CT molecular complexity index is 337. The van der Waals surface area contributed by atoms with Crippen LogP contribution in [0.15, 0.2) is 30.3 Å². The molecule has 126 valence electrons. The van der Waals surface area contributed by atoms with E-state index >= 15 is 0 Å². The van der Waals surface area contributed by atoms with E-state index in [4.69, 9.17) is 5.73 Å². The minimum atomic E-state index is 0.305. The first kappa shape index (κ1) is 19.2. The average molecular weight is 305 g/mol. The first-order valence-electron chi connectivity index (χ1n) is 9.37. The summed E-state index contributed by atoms with van der Waals surface area (Å²) in [6.45, 7) is 4.02. The van der Waals surface area contributed by atoms with Crippen LogP contribution in [-0.4, -0.2) is 13.1 Å². The lowest BCUT2D eigenvalue weighted by Gasteiger charge is -2.17. The van der Waals surface area contributed by atoms with E-state index in [1.54, 1.807) is 0 Å². The highest BCUT2D eigenvalue weighted by Crippen LogP contribution is 2.12. The molecule has 3 N–H and O–H groups in total. The molecule has 1 aromatic rings. The molecular weight excluding hydrogens is 268 g/mol. The lowest BCUT2D eigenvalue weighted by atomic mass is 10.1. The van der Waals surface area contributed by atoms with Crippen molar-refractivity contribution in [3.8, 4) is 0 Å². The van der Waals surface area contributed by atoms with Crippen LogP contribution in [0.2, 0.25) is 0 Å². The van der Waals surface area contributed by atoms with Crippen LogP contribution in [0.1, 0.15) is 82.7 Å². The van der Waals surface area contributed by atoms with E-state index in [1.807, 2.05) is 0 Å². The number of nitrogens with two attached hydrogens (primary N) is 1. The largest absolute Gasteiger partial charge is 0.329 e. The normalized spacial score (nSPS) is 12.5. The maximum Gasteiger partial charge on any atom is 0.0444 e. The van der Waals surface area contributed by atoms with Gasteiger partial charge in [0.1, 0.15) is 0 Å². The zero-order chi connectivity index (χ0) is 15.9. The molecule has 1 aromatic carbocycles. The topological polar surface area (TPSA) is 38.0 Å². The van der Waals surface area contributed by atoms with Crippen LogP contribution in [0, 0.1) is 0 Å². The molecule has 1 atom stereocenters. The van der Waals surface area contributed by atoms with E-state index in [-0.39, 0.29) is 0 Å². The highest BCUT2D eigenvalue weighted by atomic mass is 14.9. The van der Waals surface area contributed by atoms with Gasteiger partial charge in [-0.1, -0.05) is 95.0 Å². The van der Waals surface area contributed by atoms with Gasteiger partial charge >= 0.3 is 0 Å². The van der Waals surface area contributed by atoms with E-state index in [2.05, 4.69) is 42.6 Å². The van der Waals surface area contributed by atoms with Crippen molar-refractivity contribution in [3.05, 3.63) is 35.9 Å². The van der Waals surface area contributed by atoms with E-state index in [0.717, 1.165) is 6.54 Å². The molecule has 0 fully saturated rings. The summed E-state index contributed by atoms with van der Waals surface area (Å²) in [5, 5.41) is 3.59. The summed E-state index contributed by atoms with van der Waals surface area (Å²) in [6, 6.07) is 10.8. The molecule has 0 radical (unpaired) electrons. The number of benzene rings is 1. The van der Waals surface area contributed by atoms with E-state index in [1.165, 1.54) is 69.8 Å². The Morgan fingerprint density at radius 2 is 1.36 bits per heavy atom. The van der Waals surface area contributed by atoms with Gasteiger partial charge in [-0.15, -0.1) is 0 Å². The third kappa shape index (κ3) is 9.22. The summed E-state index contributed by atoms with van der Waals surface area (Å²) >= 11 is 0. The Kier molecular flexibility index (Phi) is 12.0. The fourth-order valence-corrected chi connectivity index (χ4v) is 2.91. The van der Waals surface area contributed by atoms with Crippen LogP contribution in [0.5, 0.6) is 0 Å². The molecular formula is C20H36N2. The lowest BCUT2D eigenvalue weighted by molar-refractivity contribution is 0.503. The van der Waals surface area contributed by atoms with E-state index in [0.29, 0.717) is 12.6 Å². The van der Waals surface area contributed by atoms with Crippen molar-refractivity contribution in [2.45, 2.75) is 77.2 Å². The van der Waals surface area contributed by atoms with Crippen molar-refractivity contribution in [3.63, 3.8) is 0 Å². The lowest BCUT2D eigenvalue weighted by Crippen LogP contribution is -2.28. The monoisotopic (exact) mass is 304 g/mol. The van der Waals surface area contributed by atoms with Crippen LogP contribution < -0.4 is 11.1 Å². The number of hydrogen-bond acceptors (Lipinski definition) is 2. The van der Waals surface area contributed by atoms with Crippen molar-refractivity contribution >= 4 is 0 Å². The molecule has 22 heavy (non-hydrogen) atoms. The predicted molar refractivity (Wildman–Crippen MR) is 98.1 cm³/mol. The molecule has 0 aliphatic heterocycles. The van der Waals surface area contributed by atoms with Crippen molar-refractivity contribution < 1.29 is 0 Å². The van der Waals surface area contributed by atoms with Crippen LogP contribution in [0.3, 0.4) is 0 Å². The van der Waals surface area contributed by atoms with Gasteiger partial charge in [-0.2, -0.15) is 0 Å². The minimum Gasteiger partial charge on any atom is -0.329 e. The van der Waals surface area contributed by atoms with Crippen molar-refractivity contribution in [1.29, 1.82) is 0 Å². The molecule has 0 amide bonds. The standard InChI is InChI=1S/C20H36N2/c1-2-3-4-5-6-7-8-9-10-14-17-22-20(18-21)19-15-12-11-13-16-19/h11-13,15-16,20,22H,2-10,14,17-18,21H2,1H3. The van der Waals surface area contributed by atoms with Gasteiger partial charge in [0.25, 0.3) is 0 Å². The fraction of sp³-hybridized carbons (Fsp3) is 0.700. The molecule has 0 aliphatic rings. The third-order valence-corrected chi connectivity index (χ3v) is 4.36. The molecule has 0 heterocycles. The van der Waals surface area contributed by atoms with Crippen LogP contribution in [0.4, 0.5) is 0 Å². The Balaban J connectivity index is 1.94. The highest BCUT2D eigenvalue weighted by Gasteiger charge is 2.07. The van der Waals surface area contributed by atoms with Crippen LogP contribution in [0.25, 0.3) is 0 Å². The Hall–Kier alpha value is -0.860. The summed E-state index contributed by atoms with van der Waals surface area (Å²) in [6.07, 6.45) is 13.9. The number of rotatable bonds is 14. The SMILES string of the molecule is CCCCCCCCCCCCNC(CN)c1ccccc1. The first-order chi connectivity index (χ1) is 10.9. The zero-order valence-corrected chi connectivity index (χ0v) is 14.5. The van der Waals surface area contributed by atoms with Crippen molar-refractivity contribution in [2.24, 2.45) is 5.73 Å². The summed E-state index contributed by atoms with van der Waals surface area (Å²) in [4.78, 5) is 0. The molecule has 0 saturated heterocycles. The molecule has 0 aliphatic carbocycles. The summed E-state index contributed by atoms with van der Waals surface area (Å²) in [5.41, 5.74) is 7.18. The highest BCUT2D eigenvalue weighted by molar-refractivity contribution is 5.19. The molecule has 0 saturated carbocycles. The Morgan fingerprint density at radius 3 is 1.91 bits per heavy atom. The zero-order valence-electron chi connectivity index (χ0n) is 14.5. The molecule has 1 rings (SSSR count). The third-order valence-electron chi connectivity index (χ3n) is 4.36. The van der Waals surface area contributed by atoms with E-state index in [9.17, 15) is 0 Å². The molecule has 2 nitrogen and oxygen atoms in total. The molecule has 0 aromatic heterocycles. The van der Waals surface area contributed by atoms with Gasteiger partial charge in [0.2, 0.25) is 0 Å². The fourth-order valence-electron chi connectivity index (χ4n) is 2.91. The Morgan fingerprint density at radius 1 is 0.818 bits per heavy atom. The quantitative estimate of drug-likeness (QED) is 0.464. The van der Waals surface area contributed by atoms with Gasteiger partial charge in [0.15, 0.2) is 0 Å². The minimum absolute atomic E-state index is 0.305. The van der Waals surface area contributed by atoms with Gasteiger partial charge in [0.05, 0.1) is 0 Å². The van der Waals surface area contributed by atoms with E-state index < -0.39 is 0 Å². The Labute approximate surface area is 137 Å². The number of nitrogens with one attached hydrogen (secondary N) is 1. The average Bonchev–Trinajstić information content (AvgIpc) is 2.57. The van der Waals surface area contributed by atoms with Crippen molar-refractivity contribution in [2.75, 3.05) is 13.1 Å². The summed E-state index contributed by atoms with van der Waals surface area (Å²) in [7, 11) is 0. The van der Waals surface area contributed by atoms with Crippen LogP contribution >= 0.6 is 0 Å². The molecule has 0 bridgehead atoms. The van der Waals surface area contributed by atoms with Gasteiger partial charge in [-0.3, -0.25) is 0 Å².